The molecular formula is C15H19N3OS. The van der Waals surface area contributed by atoms with E-state index in [1.807, 2.05) is 44.4 Å². The Morgan fingerprint density at radius 3 is 2.60 bits per heavy atom. The molecule has 2 rings (SSSR count). The number of aromatic nitrogens is 1. The Balaban J connectivity index is 2.02. The van der Waals surface area contributed by atoms with Crippen molar-refractivity contribution < 1.29 is 4.79 Å². The lowest BCUT2D eigenvalue weighted by molar-refractivity contribution is 0.0940. The van der Waals surface area contributed by atoms with Gasteiger partial charge in [-0.1, -0.05) is 6.92 Å². The first-order chi connectivity index (χ1) is 9.63. The Hall–Kier alpha value is -1.88. The van der Waals surface area contributed by atoms with Crippen molar-refractivity contribution in [1.82, 2.24) is 10.3 Å². The molecule has 1 amide bonds. The fourth-order valence-corrected chi connectivity index (χ4v) is 2.68. The maximum Gasteiger partial charge on any atom is 0.251 e. The molecule has 1 unspecified atom stereocenters. The lowest BCUT2D eigenvalue weighted by Crippen LogP contribution is -2.26. The molecule has 0 aliphatic carbocycles. The second-order valence-electron chi connectivity index (χ2n) is 4.54. The van der Waals surface area contributed by atoms with Crippen LogP contribution in [0.4, 0.5) is 5.69 Å². The Kier molecular flexibility index (Phi) is 4.74. The van der Waals surface area contributed by atoms with Gasteiger partial charge < -0.3 is 10.6 Å². The van der Waals surface area contributed by atoms with E-state index in [1.165, 1.54) is 4.88 Å². The lowest BCUT2D eigenvalue weighted by Gasteiger charge is -2.11. The number of rotatable bonds is 5. The predicted molar refractivity (Wildman–Crippen MR) is 83.4 cm³/mol. The number of anilines is 1. The number of nitrogens with zero attached hydrogens (tertiary/aromatic N) is 1. The Labute approximate surface area is 123 Å². The molecule has 0 aliphatic rings. The first-order valence-electron chi connectivity index (χ1n) is 6.67. The summed E-state index contributed by atoms with van der Waals surface area (Å²) in [6.45, 7) is 4.06. The summed E-state index contributed by atoms with van der Waals surface area (Å²) < 4.78 is 0. The summed E-state index contributed by atoms with van der Waals surface area (Å²) >= 11 is 1.65. The molecule has 0 spiro atoms. The first-order valence-corrected chi connectivity index (χ1v) is 7.49. The van der Waals surface area contributed by atoms with Gasteiger partial charge >= 0.3 is 0 Å². The lowest BCUT2D eigenvalue weighted by atomic mass is 10.2. The minimum absolute atomic E-state index is 0.0724. The van der Waals surface area contributed by atoms with E-state index in [0.29, 0.717) is 5.56 Å². The van der Waals surface area contributed by atoms with Gasteiger partial charge in [-0.2, -0.15) is 0 Å². The number of amides is 1. The largest absolute Gasteiger partial charge is 0.388 e. The molecule has 0 radical (unpaired) electrons. The summed E-state index contributed by atoms with van der Waals surface area (Å²) in [7, 11) is 1.85. The molecule has 2 aromatic rings. The molecule has 1 heterocycles. The average Bonchev–Trinajstić information content (AvgIpc) is 2.96. The molecule has 0 aliphatic heterocycles. The van der Waals surface area contributed by atoms with Crippen molar-refractivity contribution in [2.75, 3.05) is 12.4 Å². The zero-order chi connectivity index (χ0) is 14.5. The number of carbonyl (C=O) groups excluding carboxylic acids is 1. The topological polar surface area (TPSA) is 54.0 Å². The van der Waals surface area contributed by atoms with Gasteiger partial charge in [-0.3, -0.25) is 4.79 Å². The zero-order valence-corrected chi connectivity index (χ0v) is 12.8. The summed E-state index contributed by atoms with van der Waals surface area (Å²) in [5.41, 5.74) is 1.64. The second-order valence-corrected chi connectivity index (χ2v) is 5.69. The summed E-state index contributed by atoms with van der Waals surface area (Å²) in [5.74, 6) is -0.0756. The first kappa shape index (κ1) is 14.5. The fourth-order valence-electron chi connectivity index (χ4n) is 1.82. The van der Waals surface area contributed by atoms with Crippen LogP contribution in [0.25, 0.3) is 0 Å². The standard InChI is InChI=1S/C15H19N3OS/c1-4-13-9-17-15(20-13)10(2)18-14(19)11-5-7-12(16-3)8-6-11/h5-10,16H,4H2,1-3H3,(H,18,19). The number of benzene rings is 1. The number of aryl methyl sites for hydroxylation is 1. The van der Waals surface area contributed by atoms with Gasteiger partial charge in [-0.25, -0.2) is 4.98 Å². The van der Waals surface area contributed by atoms with Gasteiger partial charge in [0, 0.05) is 29.4 Å². The second kappa shape index (κ2) is 6.52. The van der Waals surface area contributed by atoms with Gasteiger partial charge in [-0.15, -0.1) is 11.3 Å². The van der Waals surface area contributed by atoms with E-state index in [9.17, 15) is 4.79 Å². The van der Waals surface area contributed by atoms with Crippen molar-refractivity contribution >= 4 is 22.9 Å². The van der Waals surface area contributed by atoms with E-state index >= 15 is 0 Å². The van der Waals surface area contributed by atoms with Crippen LogP contribution in [0.3, 0.4) is 0 Å². The zero-order valence-electron chi connectivity index (χ0n) is 11.9. The summed E-state index contributed by atoms with van der Waals surface area (Å²) in [6, 6.07) is 7.33. The maximum absolute atomic E-state index is 12.1. The number of hydrogen-bond acceptors (Lipinski definition) is 4. The van der Waals surface area contributed by atoms with E-state index in [4.69, 9.17) is 0 Å². The predicted octanol–water partition coefficient (Wildman–Crippen LogP) is 3.24. The van der Waals surface area contributed by atoms with E-state index < -0.39 is 0 Å². The van der Waals surface area contributed by atoms with E-state index in [0.717, 1.165) is 17.1 Å². The Morgan fingerprint density at radius 2 is 2.05 bits per heavy atom. The van der Waals surface area contributed by atoms with Crippen molar-refractivity contribution in [1.29, 1.82) is 0 Å². The summed E-state index contributed by atoms with van der Waals surface area (Å²) in [4.78, 5) is 17.7. The molecule has 5 heteroatoms. The highest BCUT2D eigenvalue weighted by molar-refractivity contribution is 7.11. The van der Waals surface area contributed by atoms with Crippen LogP contribution < -0.4 is 10.6 Å². The molecule has 2 N–H and O–H groups in total. The number of carbonyl (C=O) groups is 1. The average molecular weight is 289 g/mol. The molecule has 4 nitrogen and oxygen atoms in total. The van der Waals surface area contributed by atoms with Crippen molar-refractivity contribution in [2.24, 2.45) is 0 Å². The van der Waals surface area contributed by atoms with E-state index in [-0.39, 0.29) is 11.9 Å². The Bertz CT molecular complexity index is 577. The van der Waals surface area contributed by atoms with Crippen LogP contribution in [-0.4, -0.2) is 17.9 Å². The summed E-state index contributed by atoms with van der Waals surface area (Å²) in [5, 5.41) is 6.95. The van der Waals surface area contributed by atoms with Crippen LogP contribution in [0, 0.1) is 0 Å². The molecule has 0 saturated carbocycles. The van der Waals surface area contributed by atoms with Crippen molar-refractivity contribution in [3.05, 3.63) is 45.9 Å². The molecule has 1 aromatic heterocycles. The van der Waals surface area contributed by atoms with Gasteiger partial charge in [-0.05, 0) is 37.6 Å². The highest BCUT2D eigenvalue weighted by Gasteiger charge is 2.14. The SMILES string of the molecule is CCc1cnc(C(C)NC(=O)c2ccc(NC)cc2)s1. The number of thiazole rings is 1. The van der Waals surface area contributed by atoms with Gasteiger partial charge in [0.15, 0.2) is 0 Å². The van der Waals surface area contributed by atoms with Crippen LogP contribution in [-0.2, 0) is 6.42 Å². The number of nitrogens with one attached hydrogen (secondary N) is 2. The molecule has 0 fully saturated rings. The van der Waals surface area contributed by atoms with Crippen molar-refractivity contribution in [3.63, 3.8) is 0 Å². The third-order valence-corrected chi connectivity index (χ3v) is 4.40. The molecule has 1 atom stereocenters. The van der Waals surface area contributed by atoms with Gasteiger partial charge in [0.25, 0.3) is 5.91 Å². The normalized spacial score (nSPS) is 11.9. The van der Waals surface area contributed by atoms with Gasteiger partial charge in [0.1, 0.15) is 5.01 Å². The summed E-state index contributed by atoms with van der Waals surface area (Å²) in [6.07, 6.45) is 2.86. The minimum Gasteiger partial charge on any atom is -0.388 e. The van der Waals surface area contributed by atoms with Gasteiger partial charge in [0.2, 0.25) is 0 Å². The molecule has 1 aromatic carbocycles. The number of hydrogen-bond donors (Lipinski definition) is 2. The fraction of sp³-hybridized carbons (Fsp3) is 0.333. The van der Waals surface area contributed by atoms with E-state index in [2.05, 4.69) is 22.5 Å². The third kappa shape index (κ3) is 3.36. The smallest absolute Gasteiger partial charge is 0.251 e. The Morgan fingerprint density at radius 1 is 1.35 bits per heavy atom. The molecule has 0 saturated heterocycles. The van der Waals surface area contributed by atoms with Crippen LogP contribution in [0.1, 0.15) is 40.1 Å². The van der Waals surface area contributed by atoms with Gasteiger partial charge in [0.05, 0.1) is 6.04 Å². The van der Waals surface area contributed by atoms with Crippen molar-refractivity contribution in [2.45, 2.75) is 26.3 Å². The minimum atomic E-state index is -0.0756. The van der Waals surface area contributed by atoms with Crippen LogP contribution in [0.5, 0.6) is 0 Å². The van der Waals surface area contributed by atoms with Crippen molar-refractivity contribution in [3.8, 4) is 0 Å². The quantitative estimate of drug-likeness (QED) is 0.888. The monoisotopic (exact) mass is 289 g/mol. The van der Waals surface area contributed by atoms with Crippen LogP contribution in [0.15, 0.2) is 30.5 Å². The molecule has 106 valence electrons. The van der Waals surface area contributed by atoms with Crippen LogP contribution >= 0.6 is 11.3 Å². The molecule has 0 bridgehead atoms. The van der Waals surface area contributed by atoms with E-state index in [1.54, 1.807) is 11.3 Å². The highest BCUT2D eigenvalue weighted by Crippen LogP contribution is 2.20. The maximum atomic E-state index is 12.1. The van der Waals surface area contributed by atoms with Crippen LogP contribution in [0.2, 0.25) is 0 Å². The molecular weight excluding hydrogens is 270 g/mol. The highest BCUT2D eigenvalue weighted by atomic mass is 32.1. The molecule has 20 heavy (non-hydrogen) atoms. The third-order valence-electron chi connectivity index (χ3n) is 3.07.